The van der Waals surface area contributed by atoms with Gasteiger partial charge in [-0.25, -0.2) is 8.42 Å². The molecule has 0 spiro atoms. The molecule has 1 heterocycles. The lowest BCUT2D eigenvalue weighted by molar-refractivity contribution is 0.463. The van der Waals surface area contributed by atoms with Crippen LogP contribution in [0.25, 0.3) is 0 Å². The van der Waals surface area contributed by atoms with Gasteiger partial charge in [-0.05, 0) is 31.0 Å². The number of aryl methyl sites for hydroxylation is 2. The van der Waals surface area contributed by atoms with E-state index in [1.54, 1.807) is 26.0 Å². The quantitative estimate of drug-likeness (QED) is 0.878. The normalized spacial score (nSPS) is 12.0. The van der Waals surface area contributed by atoms with Crippen molar-refractivity contribution in [2.24, 2.45) is 0 Å². The zero-order valence-corrected chi connectivity index (χ0v) is 12.6. The summed E-state index contributed by atoms with van der Waals surface area (Å²) in [7, 11) is -2.10. The van der Waals surface area contributed by atoms with Crippen molar-refractivity contribution in [3.8, 4) is 0 Å². The Kier molecular flexibility index (Phi) is 3.87. The molecule has 0 radical (unpaired) electrons. The van der Waals surface area contributed by atoms with Gasteiger partial charge in [-0.15, -0.1) is 0 Å². The SMILES string of the molecule is Cc1ccc(C)c(S(=O)(=O)N(C)Cc2ccoc2)c1N. The molecule has 1 aromatic heterocycles. The molecule has 0 fully saturated rings. The maximum absolute atomic E-state index is 12.7. The molecule has 0 amide bonds. The van der Waals surface area contributed by atoms with E-state index in [-0.39, 0.29) is 11.4 Å². The van der Waals surface area contributed by atoms with E-state index in [0.717, 1.165) is 11.1 Å². The van der Waals surface area contributed by atoms with E-state index >= 15 is 0 Å². The van der Waals surface area contributed by atoms with E-state index in [0.29, 0.717) is 11.3 Å². The number of furan rings is 1. The van der Waals surface area contributed by atoms with Gasteiger partial charge < -0.3 is 10.2 Å². The first-order chi connectivity index (χ1) is 9.34. The first kappa shape index (κ1) is 14.6. The van der Waals surface area contributed by atoms with E-state index in [4.69, 9.17) is 10.2 Å². The molecule has 1 aromatic carbocycles. The number of hydrogen-bond acceptors (Lipinski definition) is 4. The number of nitrogen functional groups attached to an aromatic ring is 1. The van der Waals surface area contributed by atoms with Crippen LogP contribution in [0, 0.1) is 13.8 Å². The van der Waals surface area contributed by atoms with E-state index < -0.39 is 10.0 Å². The lowest BCUT2D eigenvalue weighted by Gasteiger charge is -2.20. The van der Waals surface area contributed by atoms with Crippen molar-refractivity contribution in [1.29, 1.82) is 0 Å². The maximum Gasteiger partial charge on any atom is 0.245 e. The van der Waals surface area contributed by atoms with Gasteiger partial charge in [-0.3, -0.25) is 0 Å². The highest BCUT2D eigenvalue weighted by molar-refractivity contribution is 7.89. The van der Waals surface area contributed by atoms with Gasteiger partial charge in [0, 0.05) is 19.2 Å². The summed E-state index contributed by atoms with van der Waals surface area (Å²) >= 11 is 0. The molecule has 0 saturated heterocycles. The van der Waals surface area contributed by atoms with Crippen LogP contribution in [0.1, 0.15) is 16.7 Å². The Morgan fingerprint density at radius 1 is 1.20 bits per heavy atom. The second kappa shape index (κ2) is 5.30. The fourth-order valence-electron chi connectivity index (χ4n) is 2.03. The summed E-state index contributed by atoms with van der Waals surface area (Å²) < 4.78 is 31.6. The smallest absolute Gasteiger partial charge is 0.245 e. The lowest BCUT2D eigenvalue weighted by Crippen LogP contribution is -2.28. The number of benzene rings is 1. The zero-order chi connectivity index (χ0) is 14.9. The van der Waals surface area contributed by atoms with E-state index in [1.807, 2.05) is 6.07 Å². The minimum atomic E-state index is -3.63. The van der Waals surface area contributed by atoms with Crippen LogP contribution in [0.4, 0.5) is 5.69 Å². The average Bonchev–Trinajstić information content (AvgIpc) is 2.87. The summed E-state index contributed by atoms with van der Waals surface area (Å²) in [5.74, 6) is 0. The predicted octanol–water partition coefficient (Wildman–Crippen LogP) is 2.30. The predicted molar refractivity (Wildman–Crippen MR) is 77.7 cm³/mol. The van der Waals surface area contributed by atoms with E-state index in [2.05, 4.69) is 0 Å². The Morgan fingerprint density at radius 3 is 2.45 bits per heavy atom. The largest absolute Gasteiger partial charge is 0.472 e. The molecular weight excluding hydrogens is 276 g/mol. The summed E-state index contributed by atoms with van der Waals surface area (Å²) in [4.78, 5) is 0.184. The molecule has 2 N–H and O–H groups in total. The Labute approximate surface area is 119 Å². The third-order valence-electron chi connectivity index (χ3n) is 3.26. The van der Waals surface area contributed by atoms with Crippen LogP contribution in [-0.2, 0) is 16.6 Å². The number of rotatable bonds is 4. The summed E-state index contributed by atoms with van der Waals surface area (Å²) in [6.07, 6.45) is 3.04. The molecule has 6 heteroatoms. The maximum atomic E-state index is 12.7. The first-order valence-corrected chi connectivity index (χ1v) is 7.61. The van der Waals surface area contributed by atoms with Crippen molar-refractivity contribution in [2.75, 3.05) is 12.8 Å². The third-order valence-corrected chi connectivity index (χ3v) is 5.27. The van der Waals surface area contributed by atoms with Crippen LogP contribution in [0.3, 0.4) is 0 Å². The highest BCUT2D eigenvalue weighted by Gasteiger charge is 2.26. The summed E-state index contributed by atoms with van der Waals surface area (Å²) in [6.45, 7) is 3.78. The van der Waals surface area contributed by atoms with Crippen molar-refractivity contribution in [3.05, 3.63) is 47.4 Å². The molecular formula is C14H18N2O3S. The first-order valence-electron chi connectivity index (χ1n) is 6.17. The van der Waals surface area contributed by atoms with Gasteiger partial charge in [0.25, 0.3) is 0 Å². The number of nitrogens with two attached hydrogens (primary N) is 1. The highest BCUT2D eigenvalue weighted by Crippen LogP contribution is 2.28. The van der Waals surface area contributed by atoms with Gasteiger partial charge in [0.15, 0.2) is 0 Å². The summed E-state index contributed by atoms with van der Waals surface area (Å²) in [6, 6.07) is 5.32. The molecule has 108 valence electrons. The van der Waals surface area contributed by atoms with Crippen LogP contribution in [0.2, 0.25) is 0 Å². The van der Waals surface area contributed by atoms with Crippen LogP contribution >= 0.6 is 0 Å². The molecule has 0 aliphatic carbocycles. The Balaban J connectivity index is 2.42. The topological polar surface area (TPSA) is 76.5 Å². The lowest BCUT2D eigenvalue weighted by atomic mass is 10.1. The molecule has 0 atom stereocenters. The molecule has 5 nitrogen and oxygen atoms in total. The van der Waals surface area contributed by atoms with Gasteiger partial charge in [0.05, 0.1) is 18.2 Å². The number of anilines is 1. The molecule has 20 heavy (non-hydrogen) atoms. The minimum absolute atomic E-state index is 0.184. The van der Waals surface area contributed by atoms with E-state index in [9.17, 15) is 8.42 Å². The van der Waals surface area contributed by atoms with Gasteiger partial charge in [-0.1, -0.05) is 12.1 Å². The molecule has 0 aliphatic rings. The fourth-order valence-corrected chi connectivity index (χ4v) is 3.57. The molecule has 2 rings (SSSR count). The van der Waals surface area contributed by atoms with Crippen molar-refractivity contribution in [2.45, 2.75) is 25.3 Å². The standard InChI is InChI=1S/C14H18N2O3S/c1-10-4-5-11(2)14(13(10)15)20(17,18)16(3)8-12-6-7-19-9-12/h4-7,9H,8,15H2,1-3H3. The van der Waals surface area contributed by atoms with Crippen LogP contribution in [-0.4, -0.2) is 19.8 Å². The van der Waals surface area contributed by atoms with Crippen LogP contribution in [0.5, 0.6) is 0 Å². The average molecular weight is 294 g/mol. The second-order valence-corrected chi connectivity index (χ2v) is 6.82. The van der Waals surface area contributed by atoms with Crippen molar-refractivity contribution >= 4 is 15.7 Å². The Morgan fingerprint density at radius 2 is 1.85 bits per heavy atom. The number of hydrogen-bond donors (Lipinski definition) is 1. The summed E-state index contributed by atoms with van der Waals surface area (Å²) in [5.41, 5.74) is 8.46. The highest BCUT2D eigenvalue weighted by atomic mass is 32.2. The van der Waals surface area contributed by atoms with E-state index in [1.165, 1.54) is 23.9 Å². The summed E-state index contributed by atoms with van der Waals surface area (Å²) in [5, 5.41) is 0. The van der Waals surface area contributed by atoms with Gasteiger partial charge in [0.2, 0.25) is 10.0 Å². The van der Waals surface area contributed by atoms with Gasteiger partial charge in [-0.2, -0.15) is 4.31 Å². The Bertz CT molecular complexity index is 706. The van der Waals surface area contributed by atoms with Crippen LogP contribution in [0.15, 0.2) is 40.0 Å². The molecule has 0 unspecified atom stereocenters. The second-order valence-electron chi connectivity index (χ2n) is 4.83. The Hall–Kier alpha value is -1.79. The van der Waals surface area contributed by atoms with Crippen molar-refractivity contribution in [3.63, 3.8) is 0 Å². The minimum Gasteiger partial charge on any atom is -0.472 e. The van der Waals surface area contributed by atoms with Crippen molar-refractivity contribution in [1.82, 2.24) is 4.31 Å². The zero-order valence-electron chi connectivity index (χ0n) is 11.8. The number of nitrogens with zero attached hydrogens (tertiary/aromatic N) is 1. The van der Waals surface area contributed by atoms with Crippen molar-refractivity contribution < 1.29 is 12.8 Å². The molecule has 0 bridgehead atoms. The molecule has 2 aromatic rings. The van der Waals surface area contributed by atoms with Crippen LogP contribution < -0.4 is 5.73 Å². The van der Waals surface area contributed by atoms with Gasteiger partial charge in [0.1, 0.15) is 4.90 Å². The molecule has 0 saturated carbocycles. The fraction of sp³-hybridized carbons (Fsp3) is 0.286. The monoisotopic (exact) mass is 294 g/mol. The number of sulfonamides is 1. The van der Waals surface area contributed by atoms with Gasteiger partial charge >= 0.3 is 0 Å². The molecule has 0 aliphatic heterocycles. The third kappa shape index (κ3) is 2.57.